The molecule has 0 bridgehead atoms. The standard InChI is InChI=1S/C24H24N4O/c1-16-7-9-21(17(2)13-16)28-24(29)23-10-8-19(15-27-23)25-12-11-18-14-26-22-6-4-3-5-20(18)22/h3-10,13-15,25-26H,11-12H2,1-2H3,(H,28,29). The van der Waals surface area contributed by atoms with E-state index in [-0.39, 0.29) is 5.91 Å². The number of amides is 1. The van der Waals surface area contributed by atoms with E-state index in [9.17, 15) is 4.79 Å². The van der Waals surface area contributed by atoms with Crippen molar-refractivity contribution in [3.8, 4) is 0 Å². The number of hydrogen-bond donors (Lipinski definition) is 3. The minimum atomic E-state index is -0.206. The van der Waals surface area contributed by atoms with Gasteiger partial charge in [-0.3, -0.25) is 4.79 Å². The van der Waals surface area contributed by atoms with Gasteiger partial charge in [-0.1, -0.05) is 35.9 Å². The second kappa shape index (κ2) is 8.19. The number of carbonyl (C=O) groups excluding carboxylic acids is 1. The molecule has 0 atom stereocenters. The Kier molecular flexibility index (Phi) is 5.29. The molecule has 0 unspecified atom stereocenters. The second-order valence-corrected chi connectivity index (χ2v) is 7.24. The Morgan fingerprint density at radius 3 is 2.72 bits per heavy atom. The van der Waals surface area contributed by atoms with Gasteiger partial charge in [0.25, 0.3) is 5.91 Å². The van der Waals surface area contributed by atoms with Crippen LogP contribution in [0.4, 0.5) is 11.4 Å². The molecule has 5 heteroatoms. The number of rotatable bonds is 6. The zero-order valence-corrected chi connectivity index (χ0v) is 16.6. The van der Waals surface area contributed by atoms with Crippen molar-refractivity contribution >= 4 is 28.2 Å². The van der Waals surface area contributed by atoms with Gasteiger partial charge in [-0.05, 0) is 55.7 Å². The third kappa shape index (κ3) is 4.29. The number of anilines is 2. The van der Waals surface area contributed by atoms with Crippen LogP contribution in [-0.4, -0.2) is 22.4 Å². The van der Waals surface area contributed by atoms with Crippen LogP contribution < -0.4 is 10.6 Å². The largest absolute Gasteiger partial charge is 0.383 e. The molecule has 2 aromatic heterocycles. The van der Waals surface area contributed by atoms with Crippen LogP contribution in [0.15, 0.2) is 67.0 Å². The van der Waals surface area contributed by atoms with E-state index in [0.717, 1.165) is 35.4 Å². The van der Waals surface area contributed by atoms with E-state index in [4.69, 9.17) is 0 Å². The van der Waals surface area contributed by atoms with Crippen LogP contribution in [0.2, 0.25) is 0 Å². The van der Waals surface area contributed by atoms with Crippen molar-refractivity contribution in [2.24, 2.45) is 0 Å². The van der Waals surface area contributed by atoms with Crippen LogP contribution in [0, 0.1) is 13.8 Å². The Morgan fingerprint density at radius 1 is 1.07 bits per heavy atom. The molecule has 146 valence electrons. The molecule has 0 saturated carbocycles. The van der Waals surface area contributed by atoms with E-state index in [2.05, 4.69) is 45.0 Å². The molecular weight excluding hydrogens is 360 g/mol. The Balaban J connectivity index is 1.34. The molecule has 5 nitrogen and oxygen atoms in total. The summed E-state index contributed by atoms with van der Waals surface area (Å²) in [6.45, 7) is 4.80. The molecule has 4 aromatic rings. The normalized spacial score (nSPS) is 10.8. The maximum Gasteiger partial charge on any atom is 0.274 e. The van der Waals surface area contributed by atoms with Gasteiger partial charge in [0.2, 0.25) is 0 Å². The minimum Gasteiger partial charge on any atom is -0.383 e. The van der Waals surface area contributed by atoms with Crippen molar-refractivity contribution in [3.05, 3.63) is 89.4 Å². The number of nitrogens with zero attached hydrogens (tertiary/aromatic N) is 1. The van der Waals surface area contributed by atoms with Crippen LogP contribution in [0.1, 0.15) is 27.2 Å². The van der Waals surface area contributed by atoms with Gasteiger partial charge in [0, 0.05) is 29.3 Å². The van der Waals surface area contributed by atoms with E-state index in [1.165, 1.54) is 16.5 Å². The summed E-state index contributed by atoms with van der Waals surface area (Å²) in [5.41, 5.74) is 6.74. The SMILES string of the molecule is Cc1ccc(NC(=O)c2ccc(NCCc3c[nH]c4ccccc34)cn2)c(C)c1. The molecule has 2 heterocycles. The highest BCUT2D eigenvalue weighted by atomic mass is 16.1. The van der Waals surface area contributed by atoms with Gasteiger partial charge in [0.05, 0.1) is 11.9 Å². The summed E-state index contributed by atoms with van der Waals surface area (Å²) in [6, 6.07) is 17.9. The number of pyridine rings is 1. The van der Waals surface area contributed by atoms with Crippen molar-refractivity contribution in [3.63, 3.8) is 0 Å². The smallest absolute Gasteiger partial charge is 0.274 e. The predicted octanol–water partition coefficient (Wildman–Crippen LogP) is 5.09. The molecule has 4 rings (SSSR count). The van der Waals surface area contributed by atoms with Gasteiger partial charge in [-0.15, -0.1) is 0 Å². The summed E-state index contributed by atoms with van der Waals surface area (Å²) in [5.74, 6) is -0.206. The summed E-state index contributed by atoms with van der Waals surface area (Å²) in [6.07, 6.45) is 4.66. The highest BCUT2D eigenvalue weighted by Crippen LogP contribution is 2.19. The molecule has 0 saturated heterocycles. The second-order valence-electron chi connectivity index (χ2n) is 7.24. The molecule has 2 aromatic carbocycles. The highest BCUT2D eigenvalue weighted by Gasteiger charge is 2.09. The van der Waals surface area contributed by atoms with E-state index in [0.29, 0.717) is 5.69 Å². The van der Waals surface area contributed by atoms with Crippen molar-refractivity contribution < 1.29 is 4.79 Å². The van der Waals surface area contributed by atoms with Gasteiger partial charge in [0.1, 0.15) is 5.69 Å². The first-order chi connectivity index (χ1) is 14.1. The maximum absolute atomic E-state index is 12.5. The van der Waals surface area contributed by atoms with Crippen LogP contribution in [0.3, 0.4) is 0 Å². The van der Waals surface area contributed by atoms with Crippen molar-refractivity contribution in [2.75, 3.05) is 17.2 Å². The zero-order chi connectivity index (χ0) is 20.2. The van der Waals surface area contributed by atoms with Gasteiger partial charge < -0.3 is 15.6 Å². The Labute approximate surface area is 170 Å². The number of fused-ring (bicyclic) bond motifs is 1. The minimum absolute atomic E-state index is 0.206. The molecule has 0 radical (unpaired) electrons. The number of aryl methyl sites for hydroxylation is 2. The monoisotopic (exact) mass is 384 g/mol. The lowest BCUT2D eigenvalue weighted by Crippen LogP contribution is -2.14. The van der Waals surface area contributed by atoms with Gasteiger partial charge in [0.15, 0.2) is 0 Å². The van der Waals surface area contributed by atoms with E-state index >= 15 is 0 Å². The lowest BCUT2D eigenvalue weighted by atomic mass is 10.1. The topological polar surface area (TPSA) is 69.8 Å². The fraction of sp³-hybridized carbons (Fsp3) is 0.167. The summed E-state index contributed by atoms with van der Waals surface area (Å²) >= 11 is 0. The molecule has 29 heavy (non-hydrogen) atoms. The quantitative estimate of drug-likeness (QED) is 0.434. The van der Waals surface area contributed by atoms with Crippen molar-refractivity contribution in [1.82, 2.24) is 9.97 Å². The summed E-state index contributed by atoms with van der Waals surface area (Å²) in [7, 11) is 0. The first kappa shape index (κ1) is 18.7. The fourth-order valence-electron chi connectivity index (χ4n) is 3.45. The summed E-state index contributed by atoms with van der Waals surface area (Å²) in [4.78, 5) is 20.1. The number of aromatic nitrogens is 2. The summed E-state index contributed by atoms with van der Waals surface area (Å²) in [5, 5.41) is 7.55. The molecular formula is C24H24N4O. The first-order valence-electron chi connectivity index (χ1n) is 9.74. The van der Waals surface area contributed by atoms with Crippen LogP contribution in [0.25, 0.3) is 10.9 Å². The molecule has 3 N–H and O–H groups in total. The number of benzene rings is 2. The van der Waals surface area contributed by atoms with E-state index in [1.54, 1.807) is 12.3 Å². The van der Waals surface area contributed by atoms with Crippen LogP contribution >= 0.6 is 0 Å². The number of hydrogen-bond acceptors (Lipinski definition) is 3. The third-order valence-electron chi connectivity index (χ3n) is 5.02. The molecule has 0 aliphatic carbocycles. The Hall–Kier alpha value is -3.60. The van der Waals surface area contributed by atoms with Gasteiger partial charge in [-0.2, -0.15) is 0 Å². The average Bonchev–Trinajstić information content (AvgIpc) is 3.14. The predicted molar refractivity (Wildman–Crippen MR) is 119 cm³/mol. The average molecular weight is 384 g/mol. The maximum atomic E-state index is 12.5. The number of nitrogens with one attached hydrogen (secondary N) is 3. The van der Waals surface area contributed by atoms with E-state index < -0.39 is 0 Å². The summed E-state index contributed by atoms with van der Waals surface area (Å²) < 4.78 is 0. The number of aromatic amines is 1. The number of carbonyl (C=O) groups is 1. The van der Waals surface area contributed by atoms with Gasteiger partial charge in [-0.25, -0.2) is 4.98 Å². The molecule has 0 spiro atoms. The first-order valence-corrected chi connectivity index (χ1v) is 9.74. The molecule has 0 fully saturated rings. The van der Waals surface area contributed by atoms with Gasteiger partial charge >= 0.3 is 0 Å². The molecule has 1 amide bonds. The molecule has 0 aliphatic rings. The van der Waals surface area contributed by atoms with E-state index in [1.807, 2.05) is 44.2 Å². The zero-order valence-electron chi connectivity index (χ0n) is 16.6. The Morgan fingerprint density at radius 2 is 1.93 bits per heavy atom. The number of para-hydroxylation sites is 1. The molecule has 0 aliphatic heterocycles. The number of H-pyrrole nitrogens is 1. The fourth-order valence-corrected chi connectivity index (χ4v) is 3.45. The van der Waals surface area contributed by atoms with Crippen LogP contribution in [0.5, 0.6) is 0 Å². The van der Waals surface area contributed by atoms with Crippen molar-refractivity contribution in [2.45, 2.75) is 20.3 Å². The highest BCUT2D eigenvalue weighted by molar-refractivity contribution is 6.03. The lowest BCUT2D eigenvalue weighted by Gasteiger charge is -2.10. The van der Waals surface area contributed by atoms with Crippen molar-refractivity contribution in [1.29, 1.82) is 0 Å². The van der Waals surface area contributed by atoms with Crippen LogP contribution in [-0.2, 0) is 6.42 Å². The Bertz CT molecular complexity index is 1150. The third-order valence-corrected chi connectivity index (χ3v) is 5.02. The lowest BCUT2D eigenvalue weighted by molar-refractivity contribution is 0.102.